The minimum absolute atomic E-state index is 0.0741. The van der Waals surface area contributed by atoms with E-state index in [0.29, 0.717) is 4.90 Å². The number of rotatable bonds is 2. The van der Waals surface area contributed by atoms with Crippen LogP contribution in [-0.4, -0.2) is 18.0 Å². The van der Waals surface area contributed by atoms with E-state index in [9.17, 15) is 22.8 Å². The highest BCUT2D eigenvalue weighted by Gasteiger charge is 2.43. The van der Waals surface area contributed by atoms with Gasteiger partial charge in [0, 0.05) is 6.42 Å². The summed E-state index contributed by atoms with van der Waals surface area (Å²) in [6.07, 6.45) is 0.308. The van der Waals surface area contributed by atoms with E-state index in [2.05, 4.69) is 11.2 Å². The minimum atomic E-state index is -4.67. The maximum Gasteiger partial charge on any atom is 0.418 e. The van der Waals surface area contributed by atoms with E-state index < -0.39 is 35.4 Å². The number of para-hydroxylation sites is 1. The maximum atomic E-state index is 12.9. The van der Waals surface area contributed by atoms with Crippen molar-refractivity contribution >= 4 is 17.6 Å². The van der Waals surface area contributed by atoms with Gasteiger partial charge in [-0.1, -0.05) is 12.1 Å². The van der Waals surface area contributed by atoms with Crippen molar-refractivity contribution in [2.24, 2.45) is 0 Å². The average molecular weight is 282 g/mol. The molecule has 3 amide bonds. The third-order valence-corrected chi connectivity index (χ3v) is 2.79. The van der Waals surface area contributed by atoms with E-state index in [1.807, 2.05) is 0 Å². The lowest BCUT2D eigenvalue weighted by Gasteiger charge is -2.18. The zero-order valence-electron chi connectivity index (χ0n) is 10.1. The summed E-state index contributed by atoms with van der Waals surface area (Å²) in [6, 6.07) is 2.48. The van der Waals surface area contributed by atoms with Crippen molar-refractivity contribution in [3.63, 3.8) is 0 Å². The molecule has 0 radical (unpaired) electrons. The Balaban J connectivity index is 2.45. The molecule has 0 aromatic heterocycles. The van der Waals surface area contributed by atoms with Crippen LogP contribution in [0.15, 0.2) is 24.3 Å². The number of terminal acetylenes is 1. The van der Waals surface area contributed by atoms with Gasteiger partial charge in [0.25, 0.3) is 5.91 Å². The molecule has 1 fully saturated rings. The van der Waals surface area contributed by atoms with Crippen LogP contribution in [0.1, 0.15) is 12.0 Å². The molecule has 1 aromatic carbocycles. The van der Waals surface area contributed by atoms with Gasteiger partial charge < -0.3 is 5.32 Å². The highest BCUT2D eigenvalue weighted by Crippen LogP contribution is 2.37. The number of carbonyl (C=O) groups excluding carboxylic acids is 2. The first-order chi connectivity index (χ1) is 9.36. The Morgan fingerprint density at radius 3 is 2.55 bits per heavy atom. The number of anilines is 1. The van der Waals surface area contributed by atoms with E-state index in [0.717, 1.165) is 12.1 Å². The molecule has 4 nitrogen and oxygen atoms in total. The number of urea groups is 1. The SMILES string of the molecule is C#CCC1NC(=O)N(c2ccccc2C(F)(F)F)C1=O. The van der Waals surface area contributed by atoms with E-state index in [1.165, 1.54) is 12.1 Å². The number of imide groups is 1. The van der Waals surface area contributed by atoms with Gasteiger partial charge in [-0.25, -0.2) is 9.69 Å². The zero-order valence-corrected chi connectivity index (χ0v) is 10.1. The highest BCUT2D eigenvalue weighted by atomic mass is 19.4. The average Bonchev–Trinajstić information content (AvgIpc) is 2.64. The third-order valence-electron chi connectivity index (χ3n) is 2.79. The quantitative estimate of drug-likeness (QED) is 0.667. The molecule has 1 aromatic rings. The fraction of sp³-hybridized carbons (Fsp3) is 0.231. The summed E-state index contributed by atoms with van der Waals surface area (Å²) in [6.45, 7) is 0. The van der Waals surface area contributed by atoms with Crippen molar-refractivity contribution in [1.82, 2.24) is 5.32 Å². The van der Waals surface area contributed by atoms with Crippen molar-refractivity contribution in [2.45, 2.75) is 18.6 Å². The summed E-state index contributed by atoms with van der Waals surface area (Å²) >= 11 is 0. The summed E-state index contributed by atoms with van der Waals surface area (Å²) < 4.78 is 38.7. The van der Waals surface area contributed by atoms with Gasteiger partial charge in [0.15, 0.2) is 0 Å². The van der Waals surface area contributed by atoms with Crippen LogP contribution in [0.5, 0.6) is 0 Å². The van der Waals surface area contributed by atoms with E-state index in [-0.39, 0.29) is 6.42 Å². The second kappa shape index (κ2) is 4.89. The number of hydrogen-bond donors (Lipinski definition) is 1. The lowest BCUT2D eigenvalue weighted by Crippen LogP contribution is -2.33. The molecule has 104 valence electrons. The number of carbonyl (C=O) groups is 2. The third kappa shape index (κ3) is 2.32. The Bertz CT molecular complexity index is 604. The molecular weight excluding hydrogens is 273 g/mol. The molecule has 20 heavy (non-hydrogen) atoms. The fourth-order valence-electron chi connectivity index (χ4n) is 1.92. The molecule has 0 bridgehead atoms. The molecule has 1 aliphatic rings. The molecule has 1 unspecified atom stereocenters. The maximum absolute atomic E-state index is 12.9. The first-order valence-corrected chi connectivity index (χ1v) is 5.60. The van der Waals surface area contributed by atoms with Gasteiger partial charge in [0.1, 0.15) is 6.04 Å². The molecule has 1 aliphatic heterocycles. The van der Waals surface area contributed by atoms with Gasteiger partial charge >= 0.3 is 12.2 Å². The predicted molar refractivity (Wildman–Crippen MR) is 64.7 cm³/mol. The first-order valence-electron chi connectivity index (χ1n) is 5.60. The standard InChI is InChI=1S/C13H9F3N2O2/c1-2-5-9-11(19)18(12(20)17-9)10-7-4-3-6-8(10)13(14,15)16/h1,3-4,6-7,9H,5H2,(H,17,20). The van der Waals surface area contributed by atoms with Crippen LogP contribution in [0.25, 0.3) is 0 Å². The second-order valence-corrected chi connectivity index (χ2v) is 4.10. The molecular formula is C13H9F3N2O2. The Kier molecular flexibility index (Phi) is 3.40. The largest absolute Gasteiger partial charge is 0.418 e. The minimum Gasteiger partial charge on any atom is -0.324 e. The van der Waals surface area contributed by atoms with Crippen molar-refractivity contribution in [3.8, 4) is 12.3 Å². The number of amides is 3. The molecule has 7 heteroatoms. The number of halogens is 3. The molecule has 2 rings (SSSR count). The number of nitrogens with zero attached hydrogens (tertiary/aromatic N) is 1. The summed E-state index contributed by atoms with van der Waals surface area (Å²) in [4.78, 5) is 24.1. The lowest BCUT2D eigenvalue weighted by atomic mass is 10.1. The topological polar surface area (TPSA) is 49.4 Å². The van der Waals surface area contributed by atoms with E-state index in [4.69, 9.17) is 6.42 Å². The van der Waals surface area contributed by atoms with Crippen LogP contribution >= 0.6 is 0 Å². The highest BCUT2D eigenvalue weighted by molar-refractivity contribution is 6.21. The van der Waals surface area contributed by atoms with Crippen LogP contribution in [0.2, 0.25) is 0 Å². The van der Waals surface area contributed by atoms with Crippen LogP contribution < -0.4 is 10.2 Å². The van der Waals surface area contributed by atoms with Gasteiger partial charge in [-0.15, -0.1) is 12.3 Å². The summed E-state index contributed by atoms with van der Waals surface area (Å²) in [7, 11) is 0. The Hall–Kier alpha value is -2.49. The molecule has 0 saturated carbocycles. The molecule has 0 aliphatic carbocycles. The molecule has 0 spiro atoms. The lowest BCUT2D eigenvalue weighted by molar-refractivity contribution is -0.137. The van der Waals surface area contributed by atoms with Crippen molar-refractivity contribution in [3.05, 3.63) is 29.8 Å². The van der Waals surface area contributed by atoms with Gasteiger partial charge in [-0.3, -0.25) is 4.79 Å². The fourth-order valence-corrected chi connectivity index (χ4v) is 1.92. The van der Waals surface area contributed by atoms with E-state index in [1.54, 1.807) is 0 Å². The number of alkyl halides is 3. The summed E-state index contributed by atoms with van der Waals surface area (Å²) in [5, 5.41) is 2.26. The van der Waals surface area contributed by atoms with Crippen LogP contribution in [0, 0.1) is 12.3 Å². The molecule has 1 heterocycles. The van der Waals surface area contributed by atoms with Crippen molar-refractivity contribution in [2.75, 3.05) is 4.90 Å². The summed E-state index contributed by atoms with van der Waals surface area (Å²) in [5.41, 5.74) is -1.55. The van der Waals surface area contributed by atoms with E-state index >= 15 is 0 Å². The van der Waals surface area contributed by atoms with Gasteiger partial charge in [-0.05, 0) is 12.1 Å². The Morgan fingerprint density at radius 1 is 1.30 bits per heavy atom. The van der Waals surface area contributed by atoms with Crippen LogP contribution in [0.3, 0.4) is 0 Å². The van der Waals surface area contributed by atoms with Gasteiger partial charge in [0.05, 0.1) is 11.3 Å². The number of hydrogen-bond acceptors (Lipinski definition) is 2. The predicted octanol–water partition coefficient (Wildman–Crippen LogP) is 2.15. The first kappa shape index (κ1) is 13.9. The van der Waals surface area contributed by atoms with Crippen molar-refractivity contribution < 1.29 is 22.8 Å². The van der Waals surface area contributed by atoms with Gasteiger partial charge in [0.2, 0.25) is 0 Å². The van der Waals surface area contributed by atoms with Crippen LogP contribution in [-0.2, 0) is 11.0 Å². The Morgan fingerprint density at radius 2 is 1.95 bits per heavy atom. The zero-order chi connectivity index (χ0) is 14.9. The molecule has 1 atom stereocenters. The summed E-state index contributed by atoms with van der Waals surface area (Å²) in [5.74, 6) is 1.41. The van der Waals surface area contributed by atoms with Crippen molar-refractivity contribution in [1.29, 1.82) is 0 Å². The van der Waals surface area contributed by atoms with Crippen LogP contribution in [0.4, 0.5) is 23.7 Å². The Labute approximate surface area is 112 Å². The molecule has 1 N–H and O–H groups in total. The second-order valence-electron chi connectivity index (χ2n) is 4.10. The molecule has 1 saturated heterocycles. The smallest absolute Gasteiger partial charge is 0.324 e. The van der Waals surface area contributed by atoms with Gasteiger partial charge in [-0.2, -0.15) is 13.2 Å². The monoisotopic (exact) mass is 282 g/mol. The normalized spacial score (nSPS) is 18.9. The number of benzene rings is 1. The number of nitrogens with one attached hydrogen (secondary N) is 1.